The van der Waals surface area contributed by atoms with Crippen molar-refractivity contribution in [3.8, 4) is 11.4 Å². The van der Waals surface area contributed by atoms with Gasteiger partial charge in [-0.25, -0.2) is 14.2 Å². The van der Waals surface area contributed by atoms with Gasteiger partial charge < -0.3 is 19.2 Å². The monoisotopic (exact) mass is 496 g/mol. The highest BCUT2D eigenvalue weighted by Gasteiger charge is 2.33. The van der Waals surface area contributed by atoms with Crippen molar-refractivity contribution in [2.75, 3.05) is 19.8 Å². The number of aromatic amines is 1. The fraction of sp³-hybridized carbons (Fsp3) is 0.316. The summed E-state index contributed by atoms with van der Waals surface area (Å²) in [6, 6.07) is 2.47. The zero-order valence-corrected chi connectivity index (χ0v) is 18.2. The predicted octanol–water partition coefficient (Wildman–Crippen LogP) is 3.71. The molecule has 2 aromatic rings. The molecule has 13 heteroatoms. The number of halogens is 5. The second kappa shape index (κ2) is 10.6. The minimum Gasteiger partial charge on any atom is -0.494 e. The van der Waals surface area contributed by atoms with Crippen LogP contribution in [-0.4, -0.2) is 35.3 Å². The van der Waals surface area contributed by atoms with Crippen LogP contribution in [0, 0.1) is 0 Å². The number of nitrogens with one attached hydrogen (secondary N) is 1. The number of nitrogens with zero attached hydrogens (tertiary/aromatic N) is 1. The predicted molar refractivity (Wildman–Crippen MR) is 110 cm³/mol. The molecule has 0 saturated heterocycles. The van der Waals surface area contributed by atoms with Gasteiger partial charge in [-0.1, -0.05) is 23.2 Å². The van der Waals surface area contributed by atoms with E-state index in [4.69, 9.17) is 37.4 Å². The molecule has 1 aromatic heterocycles. The van der Waals surface area contributed by atoms with Crippen molar-refractivity contribution in [1.29, 1.82) is 0 Å². The van der Waals surface area contributed by atoms with Gasteiger partial charge in [0, 0.05) is 12.1 Å². The van der Waals surface area contributed by atoms with E-state index in [0.29, 0.717) is 4.57 Å². The minimum atomic E-state index is -4.92. The second-order valence-corrected chi connectivity index (χ2v) is 6.79. The average Bonchev–Trinajstić information content (AvgIpc) is 2.67. The summed E-state index contributed by atoms with van der Waals surface area (Å²) in [5, 5.41) is -0.219. The van der Waals surface area contributed by atoms with E-state index >= 15 is 0 Å². The highest BCUT2D eigenvalue weighted by molar-refractivity contribution is 6.36. The molecule has 0 unspecified atom stereocenters. The van der Waals surface area contributed by atoms with Crippen molar-refractivity contribution in [1.82, 2.24) is 9.55 Å². The number of ether oxygens (including phenoxy) is 3. The SMILES string of the molecule is CCOC(=O)/C=C(\COc1cc(-n2c(=O)cc(C(F)(F)F)[nH]c2=O)c(Cl)cc1Cl)OCC. The summed E-state index contributed by atoms with van der Waals surface area (Å²) in [6.45, 7) is 3.38. The number of esters is 1. The van der Waals surface area contributed by atoms with Crippen molar-refractivity contribution >= 4 is 29.2 Å². The summed E-state index contributed by atoms with van der Waals surface area (Å²) >= 11 is 12.1. The molecule has 0 aliphatic carbocycles. The first-order valence-electron chi connectivity index (χ1n) is 9.03. The molecule has 0 fully saturated rings. The third-order valence-corrected chi connectivity index (χ3v) is 4.34. The Morgan fingerprint density at radius 1 is 1.09 bits per heavy atom. The van der Waals surface area contributed by atoms with Crippen LogP contribution in [0.25, 0.3) is 5.69 Å². The Labute approximate surface area is 189 Å². The first-order valence-corrected chi connectivity index (χ1v) is 9.79. The zero-order valence-electron chi connectivity index (χ0n) is 16.7. The van der Waals surface area contributed by atoms with Gasteiger partial charge in [0.2, 0.25) is 0 Å². The van der Waals surface area contributed by atoms with E-state index in [9.17, 15) is 27.6 Å². The van der Waals surface area contributed by atoms with Gasteiger partial charge in [-0.2, -0.15) is 13.2 Å². The summed E-state index contributed by atoms with van der Waals surface area (Å²) in [6.07, 6.45) is -3.85. The Morgan fingerprint density at radius 2 is 1.75 bits per heavy atom. The maximum absolute atomic E-state index is 12.8. The van der Waals surface area contributed by atoms with Crippen LogP contribution in [0.5, 0.6) is 5.75 Å². The largest absolute Gasteiger partial charge is 0.494 e. The van der Waals surface area contributed by atoms with E-state index < -0.39 is 29.1 Å². The van der Waals surface area contributed by atoms with Crippen LogP contribution in [0.2, 0.25) is 10.0 Å². The Bertz CT molecular complexity index is 1110. The molecule has 8 nitrogen and oxygen atoms in total. The maximum Gasteiger partial charge on any atom is 0.431 e. The number of benzene rings is 1. The fourth-order valence-electron chi connectivity index (χ4n) is 2.45. The summed E-state index contributed by atoms with van der Waals surface area (Å²) in [7, 11) is 0. The Morgan fingerprint density at radius 3 is 2.31 bits per heavy atom. The molecule has 174 valence electrons. The summed E-state index contributed by atoms with van der Waals surface area (Å²) in [5.41, 5.74) is -4.40. The molecule has 0 saturated carbocycles. The maximum atomic E-state index is 12.8. The average molecular weight is 497 g/mol. The number of alkyl halides is 3. The van der Waals surface area contributed by atoms with Gasteiger partial charge in [-0.05, 0) is 19.9 Å². The van der Waals surface area contributed by atoms with Crippen LogP contribution in [0.15, 0.2) is 39.6 Å². The van der Waals surface area contributed by atoms with Gasteiger partial charge >= 0.3 is 17.8 Å². The fourth-order valence-corrected chi connectivity index (χ4v) is 2.97. The molecule has 1 aromatic carbocycles. The van der Waals surface area contributed by atoms with Crippen molar-refractivity contribution in [2.45, 2.75) is 20.0 Å². The first-order chi connectivity index (χ1) is 15.0. The number of hydrogen-bond acceptors (Lipinski definition) is 6. The summed E-state index contributed by atoms with van der Waals surface area (Å²) < 4.78 is 54.5. The van der Waals surface area contributed by atoms with Crippen LogP contribution in [0.3, 0.4) is 0 Å². The molecule has 0 aliphatic heterocycles. The molecular weight excluding hydrogens is 480 g/mol. The molecule has 32 heavy (non-hydrogen) atoms. The number of aromatic nitrogens is 2. The van der Waals surface area contributed by atoms with E-state index in [2.05, 4.69) is 0 Å². The van der Waals surface area contributed by atoms with E-state index in [1.807, 2.05) is 0 Å². The molecule has 0 aliphatic rings. The number of H-pyrrole nitrogens is 1. The van der Waals surface area contributed by atoms with Gasteiger partial charge in [0.15, 0.2) is 0 Å². The number of rotatable bonds is 8. The summed E-state index contributed by atoms with van der Waals surface area (Å²) in [4.78, 5) is 37.6. The lowest BCUT2D eigenvalue weighted by atomic mass is 10.2. The van der Waals surface area contributed by atoms with Crippen molar-refractivity contribution in [3.05, 3.63) is 66.6 Å². The smallest absolute Gasteiger partial charge is 0.431 e. The Balaban J connectivity index is 2.44. The first kappa shape index (κ1) is 25.3. The third-order valence-electron chi connectivity index (χ3n) is 3.75. The van der Waals surface area contributed by atoms with Crippen molar-refractivity contribution < 1.29 is 32.2 Å². The minimum absolute atomic E-state index is 0.0258. The highest BCUT2D eigenvalue weighted by Crippen LogP contribution is 2.33. The normalized spacial score (nSPS) is 11.9. The van der Waals surface area contributed by atoms with Crippen LogP contribution in [0.4, 0.5) is 13.2 Å². The van der Waals surface area contributed by atoms with Crippen LogP contribution >= 0.6 is 23.2 Å². The second-order valence-electron chi connectivity index (χ2n) is 5.98. The van der Waals surface area contributed by atoms with Gasteiger partial charge in [0.25, 0.3) is 5.56 Å². The molecule has 1 heterocycles. The number of carbonyl (C=O) groups excluding carboxylic acids is 1. The van der Waals surface area contributed by atoms with Gasteiger partial charge in [0.1, 0.15) is 23.8 Å². The number of hydrogen-bond donors (Lipinski definition) is 1. The van der Waals surface area contributed by atoms with Crippen LogP contribution in [0.1, 0.15) is 19.5 Å². The molecule has 2 rings (SSSR count). The van der Waals surface area contributed by atoms with E-state index in [0.717, 1.165) is 18.2 Å². The molecule has 0 bridgehead atoms. The van der Waals surface area contributed by atoms with Gasteiger partial charge in [0.05, 0.1) is 35.0 Å². The topological polar surface area (TPSA) is 99.6 Å². The molecule has 0 radical (unpaired) electrons. The highest BCUT2D eigenvalue weighted by atomic mass is 35.5. The van der Waals surface area contributed by atoms with Crippen molar-refractivity contribution in [3.63, 3.8) is 0 Å². The molecular formula is C19H17Cl2F3N2O6. The van der Waals surface area contributed by atoms with Crippen molar-refractivity contribution in [2.24, 2.45) is 0 Å². The molecule has 1 N–H and O–H groups in total. The third kappa shape index (κ3) is 6.30. The quantitative estimate of drug-likeness (QED) is 0.339. The van der Waals surface area contributed by atoms with E-state index in [1.54, 1.807) is 18.8 Å². The van der Waals surface area contributed by atoms with Gasteiger partial charge in [-0.3, -0.25) is 4.79 Å². The lowest BCUT2D eigenvalue weighted by molar-refractivity contribution is -0.141. The zero-order chi connectivity index (χ0) is 24.1. The van der Waals surface area contributed by atoms with Crippen LogP contribution in [-0.2, 0) is 20.4 Å². The molecule has 0 atom stereocenters. The lowest BCUT2D eigenvalue weighted by Crippen LogP contribution is -2.36. The van der Waals surface area contributed by atoms with E-state index in [-0.39, 0.29) is 53.1 Å². The summed E-state index contributed by atoms with van der Waals surface area (Å²) in [5.74, 6) is -0.639. The molecule has 0 amide bonds. The van der Waals surface area contributed by atoms with Crippen LogP contribution < -0.4 is 16.0 Å². The molecule has 0 spiro atoms. The standard InChI is InChI=1S/C19H17Cl2F3N2O6/c1-3-30-10(5-17(28)31-4-2)9-32-14-7-13(11(20)6-12(14)21)26-16(27)8-15(19(22,23)24)25-18(26)29/h5-8H,3-4,9H2,1-2H3,(H,25,29)/b10-5+. The number of carbonyl (C=O) groups is 1. The Kier molecular flexibility index (Phi) is 8.39. The van der Waals surface area contributed by atoms with E-state index in [1.165, 1.54) is 0 Å². The lowest BCUT2D eigenvalue weighted by Gasteiger charge is -2.15. The Hall–Kier alpha value is -2.92. The van der Waals surface area contributed by atoms with Gasteiger partial charge in [-0.15, -0.1) is 0 Å².